The van der Waals surface area contributed by atoms with Crippen LogP contribution < -0.4 is 5.32 Å². The molecule has 0 aromatic heterocycles. The van der Waals surface area contributed by atoms with Gasteiger partial charge < -0.3 is 10.1 Å². The minimum absolute atomic E-state index is 0.239. The highest BCUT2D eigenvalue weighted by Crippen LogP contribution is 2.16. The Labute approximate surface area is 90.2 Å². The molecule has 3 nitrogen and oxygen atoms in total. The highest BCUT2D eigenvalue weighted by molar-refractivity contribution is 5.75. The third-order valence-corrected chi connectivity index (χ3v) is 2.58. The van der Waals surface area contributed by atoms with Gasteiger partial charge in [-0.25, -0.2) is 4.99 Å². The van der Waals surface area contributed by atoms with Crippen molar-refractivity contribution in [3.8, 4) is 0 Å². The lowest BCUT2D eigenvalue weighted by molar-refractivity contribution is 0.326. The van der Waals surface area contributed by atoms with E-state index in [2.05, 4.69) is 48.4 Å². The molecule has 1 aliphatic rings. The van der Waals surface area contributed by atoms with E-state index in [1.165, 1.54) is 11.1 Å². The molecule has 0 saturated carbocycles. The van der Waals surface area contributed by atoms with Crippen molar-refractivity contribution < 1.29 is 4.74 Å². The van der Waals surface area contributed by atoms with Gasteiger partial charge in [0.1, 0.15) is 6.61 Å². The zero-order chi connectivity index (χ0) is 10.7. The largest absolute Gasteiger partial charge is 0.463 e. The second-order valence-electron chi connectivity index (χ2n) is 3.76. The predicted octanol–water partition coefficient (Wildman–Crippen LogP) is 2.03. The summed E-state index contributed by atoms with van der Waals surface area (Å²) < 4.78 is 5.32. The van der Waals surface area contributed by atoms with Crippen LogP contribution in [0, 0.1) is 6.92 Å². The van der Waals surface area contributed by atoms with Crippen LogP contribution in [0.25, 0.3) is 0 Å². The lowest BCUT2D eigenvalue weighted by Crippen LogP contribution is -2.27. The first kappa shape index (κ1) is 10.0. The molecule has 1 atom stereocenters. The van der Waals surface area contributed by atoms with Gasteiger partial charge in [0.15, 0.2) is 0 Å². The normalized spacial score (nSPS) is 16.8. The quantitative estimate of drug-likeness (QED) is 0.799. The van der Waals surface area contributed by atoms with E-state index in [4.69, 9.17) is 4.74 Å². The van der Waals surface area contributed by atoms with Crippen LogP contribution >= 0.6 is 0 Å². The molecular weight excluding hydrogens is 188 g/mol. The SMILES string of the molecule is Cc1ccccc1C(C)NC1=NCCO1. The molecule has 1 N–H and O–H groups in total. The van der Waals surface area contributed by atoms with Crippen molar-refractivity contribution in [1.29, 1.82) is 0 Å². The van der Waals surface area contributed by atoms with Gasteiger partial charge in [-0.05, 0) is 25.0 Å². The fourth-order valence-corrected chi connectivity index (χ4v) is 1.76. The fourth-order valence-electron chi connectivity index (χ4n) is 1.76. The molecule has 0 aliphatic carbocycles. The molecule has 1 aromatic carbocycles. The molecule has 2 rings (SSSR count). The Morgan fingerprint density at radius 3 is 2.87 bits per heavy atom. The number of amidine groups is 1. The highest BCUT2D eigenvalue weighted by atomic mass is 16.5. The van der Waals surface area contributed by atoms with E-state index < -0.39 is 0 Å². The van der Waals surface area contributed by atoms with E-state index in [9.17, 15) is 0 Å². The molecule has 0 radical (unpaired) electrons. The van der Waals surface area contributed by atoms with Gasteiger partial charge in [-0.15, -0.1) is 0 Å². The van der Waals surface area contributed by atoms with Crippen LogP contribution in [-0.4, -0.2) is 19.2 Å². The Balaban J connectivity index is 2.07. The van der Waals surface area contributed by atoms with E-state index in [-0.39, 0.29) is 6.04 Å². The molecule has 15 heavy (non-hydrogen) atoms. The van der Waals surface area contributed by atoms with Crippen LogP contribution in [0.3, 0.4) is 0 Å². The minimum Gasteiger partial charge on any atom is -0.463 e. The van der Waals surface area contributed by atoms with Crippen molar-refractivity contribution in [3.05, 3.63) is 35.4 Å². The summed E-state index contributed by atoms with van der Waals surface area (Å²) in [6.45, 7) is 5.70. The van der Waals surface area contributed by atoms with E-state index in [0.29, 0.717) is 12.6 Å². The van der Waals surface area contributed by atoms with Crippen molar-refractivity contribution in [2.75, 3.05) is 13.2 Å². The van der Waals surface area contributed by atoms with E-state index in [1.807, 2.05) is 0 Å². The average Bonchev–Trinajstić information content (AvgIpc) is 2.71. The molecule has 3 heteroatoms. The van der Waals surface area contributed by atoms with Gasteiger partial charge in [0.05, 0.1) is 12.6 Å². The van der Waals surface area contributed by atoms with Gasteiger partial charge in [-0.3, -0.25) is 0 Å². The van der Waals surface area contributed by atoms with Crippen LogP contribution in [0.5, 0.6) is 0 Å². The maximum atomic E-state index is 5.32. The Kier molecular flexibility index (Phi) is 2.90. The standard InChI is InChI=1S/C12H16N2O/c1-9-5-3-4-6-11(9)10(2)14-12-13-7-8-15-12/h3-6,10H,7-8H2,1-2H3,(H,13,14). The van der Waals surface area contributed by atoms with Crippen LogP contribution in [0.4, 0.5) is 0 Å². The van der Waals surface area contributed by atoms with Gasteiger partial charge >= 0.3 is 0 Å². The van der Waals surface area contributed by atoms with Gasteiger partial charge in [-0.1, -0.05) is 24.3 Å². The molecule has 0 saturated heterocycles. The highest BCUT2D eigenvalue weighted by Gasteiger charge is 2.13. The van der Waals surface area contributed by atoms with Gasteiger partial charge in [0.25, 0.3) is 6.02 Å². The maximum Gasteiger partial charge on any atom is 0.285 e. The summed E-state index contributed by atoms with van der Waals surface area (Å²) in [4.78, 5) is 4.21. The first-order chi connectivity index (χ1) is 7.27. The number of hydrogen-bond acceptors (Lipinski definition) is 3. The van der Waals surface area contributed by atoms with E-state index in [1.54, 1.807) is 0 Å². The zero-order valence-electron chi connectivity index (χ0n) is 9.16. The number of aryl methyl sites for hydroxylation is 1. The topological polar surface area (TPSA) is 33.6 Å². The molecule has 0 bridgehead atoms. The summed E-state index contributed by atoms with van der Waals surface area (Å²) >= 11 is 0. The maximum absolute atomic E-state index is 5.32. The Morgan fingerprint density at radius 2 is 2.20 bits per heavy atom. The zero-order valence-corrected chi connectivity index (χ0v) is 9.16. The Morgan fingerprint density at radius 1 is 1.40 bits per heavy atom. The third kappa shape index (κ3) is 2.29. The molecule has 1 heterocycles. The number of rotatable bonds is 2. The summed E-state index contributed by atoms with van der Waals surface area (Å²) in [5.41, 5.74) is 2.58. The van der Waals surface area contributed by atoms with E-state index >= 15 is 0 Å². The summed E-state index contributed by atoms with van der Waals surface area (Å²) in [5.74, 6) is 0. The molecule has 0 fully saturated rings. The number of hydrogen-bond donors (Lipinski definition) is 1. The number of aliphatic imine (C=N–C) groups is 1. The van der Waals surface area contributed by atoms with Crippen LogP contribution in [0.1, 0.15) is 24.1 Å². The van der Waals surface area contributed by atoms with Gasteiger partial charge in [0, 0.05) is 0 Å². The molecule has 1 unspecified atom stereocenters. The summed E-state index contributed by atoms with van der Waals surface area (Å²) in [6.07, 6.45) is 0. The first-order valence-electron chi connectivity index (χ1n) is 5.26. The number of nitrogens with zero attached hydrogens (tertiary/aromatic N) is 1. The van der Waals surface area contributed by atoms with Crippen LogP contribution in [0.2, 0.25) is 0 Å². The van der Waals surface area contributed by atoms with Crippen LogP contribution in [0.15, 0.2) is 29.3 Å². The Bertz CT molecular complexity index is 374. The van der Waals surface area contributed by atoms with Crippen LogP contribution in [-0.2, 0) is 4.74 Å². The number of nitrogens with one attached hydrogen (secondary N) is 1. The fraction of sp³-hybridized carbons (Fsp3) is 0.417. The average molecular weight is 204 g/mol. The lowest BCUT2D eigenvalue weighted by Gasteiger charge is -2.16. The Hall–Kier alpha value is -1.51. The lowest BCUT2D eigenvalue weighted by atomic mass is 10.0. The van der Waals surface area contributed by atoms with E-state index in [0.717, 1.165) is 6.54 Å². The number of benzene rings is 1. The minimum atomic E-state index is 0.239. The van der Waals surface area contributed by atoms with Gasteiger partial charge in [-0.2, -0.15) is 0 Å². The van der Waals surface area contributed by atoms with Crippen molar-refractivity contribution in [2.24, 2.45) is 4.99 Å². The predicted molar refractivity (Wildman–Crippen MR) is 61.0 cm³/mol. The third-order valence-electron chi connectivity index (χ3n) is 2.58. The summed E-state index contributed by atoms with van der Waals surface area (Å²) in [5, 5.41) is 3.26. The second kappa shape index (κ2) is 4.34. The van der Waals surface area contributed by atoms with Gasteiger partial charge in [0.2, 0.25) is 0 Å². The molecule has 0 amide bonds. The molecular formula is C12H16N2O. The molecule has 80 valence electrons. The van der Waals surface area contributed by atoms with Crippen molar-refractivity contribution >= 4 is 6.02 Å². The smallest absolute Gasteiger partial charge is 0.285 e. The first-order valence-corrected chi connectivity index (χ1v) is 5.26. The summed E-state index contributed by atoms with van der Waals surface area (Å²) in [7, 11) is 0. The van der Waals surface area contributed by atoms with Crippen molar-refractivity contribution in [1.82, 2.24) is 5.32 Å². The van der Waals surface area contributed by atoms with Crippen molar-refractivity contribution in [2.45, 2.75) is 19.9 Å². The monoisotopic (exact) mass is 204 g/mol. The molecule has 1 aliphatic heterocycles. The molecule has 0 spiro atoms. The summed E-state index contributed by atoms with van der Waals surface area (Å²) in [6, 6.07) is 9.26. The molecule has 1 aromatic rings. The van der Waals surface area contributed by atoms with Crippen molar-refractivity contribution in [3.63, 3.8) is 0 Å². The number of ether oxygens (including phenoxy) is 1. The second-order valence-corrected chi connectivity index (χ2v) is 3.76.